The van der Waals surface area contributed by atoms with Crippen LogP contribution >= 0.6 is 0 Å². The van der Waals surface area contributed by atoms with Gasteiger partial charge in [-0.25, -0.2) is 0 Å². The van der Waals surface area contributed by atoms with Crippen LogP contribution in [-0.4, -0.2) is 6.04 Å². The SMILES string of the molecule is CCC1CCCC(Nc2cccc3ccccc23)CC1. The Bertz CT molecular complexity index is 555. The summed E-state index contributed by atoms with van der Waals surface area (Å²) in [6.07, 6.45) is 8.17. The van der Waals surface area contributed by atoms with Crippen molar-refractivity contribution < 1.29 is 0 Å². The molecule has 1 aliphatic rings. The Labute approximate surface area is 122 Å². The van der Waals surface area contributed by atoms with E-state index in [1.807, 2.05) is 0 Å². The van der Waals surface area contributed by atoms with Crippen LogP contribution in [0, 0.1) is 5.92 Å². The number of fused-ring (bicyclic) bond motifs is 1. The van der Waals surface area contributed by atoms with Crippen LogP contribution in [0.4, 0.5) is 5.69 Å². The maximum Gasteiger partial charge on any atom is 0.0422 e. The molecular formula is C19H25N. The van der Waals surface area contributed by atoms with E-state index in [4.69, 9.17) is 0 Å². The molecule has 20 heavy (non-hydrogen) atoms. The first-order valence-electron chi connectivity index (χ1n) is 8.11. The van der Waals surface area contributed by atoms with E-state index in [0.29, 0.717) is 6.04 Å². The van der Waals surface area contributed by atoms with E-state index in [9.17, 15) is 0 Å². The molecule has 0 saturated heterocycles. The van der Waals surface area contributed by atoms with Crippen molar-refractivity contribution in [2.45, 2.75) is 51.5 Å². The molecule has 0 bridgehead atoms. The fourth-order valence-electron chi connectivity index (χ4n) is 3.50. The van der Waals surface area contributed by atoms with Gasteiger partial charge in [0.2, 0.25) is 0 Å². The van der Waals surface area contributed by atoms with Gasteiger partial charge in [-0.2, -0.15) is 0 Å². The number of hydrogen-bond acceptors (Lipinski definition) is 1. The minimum atomic E-state index is 0.650. The van der Waals surface area contributed by atoms with Crippen LogP contribution in [0.15, 0.2) is 42.5 Å². The zero-order chi connectivity index (χ0) is 13.8. The maximum absolute atomic E-state index is 3.81. The number of hydrogen-bond donors (Lipinski definition) is 1. The molecule has 1 heteroatoms. The Hall–Kier alpha value is -1.50. The normalized spacial score (nSPS) is 23.4. The van der Waals surface area contributed by atoms with Crippen LogP contribution in [-0.2, 0) is 0 Å². The Morgan fingerprint density at radius 1 is 0.950 bits per heavy atom. The quantitative estimate of drug-likeness (QED) is 0.713. The first kappa shape index (κ1) is 13.5. The van der Waals surface area contributed by atoms with Crippen molar-refractivity contribution in [2.75, 3.05) is 5.32 Å². The average Bonchev–Trinajstić information content (AvgIpc) is 2.73. The van der Waals surface area contributed by atoms with Crippen molar-refractivity contribution in [3.8, 4) is 0 Å². The lowest BCUT2D eigenvalue weighted by Crippen LogP contribution is -2.18. The molecule has 0 aromatic heterocycles. The highest BCUT2D eigenvalue weighted by Gasteiger charge is 2.17. The van der Waals surface area contributed by atoms with Crippen LogP contribution in [0.2, 0.25) is 0 Å². The van der Waals surface area contributed by atoms with Gasteiger partial charge in [0, 0.05) is 17.1 Å². The first-order valence-corrected chi connectivity index (χ1v) is 8.11. The Balaban J connectivity index is 1.76. The third-order valence-corrected chi connectivity index (χ3v) is 4.81. The summed E-state index contributed by atoms with van der Waals surface area (Å²) in [5.74, 6) is 0.953. The molecule has 0 heterocycles. The van der Waals surface area contributed by atoms with Crippen LogP contribution in [0.3, 0.4) is 0 Å². The second-order valence-corrected chi connectivity index (χ2v) is 6.15. The second kappa shape index (κ2) is 6.30. The van der Waals surface area contributed by atoms with Gasteiger partial charge in [0.1, 0.15) is 0 Å². The monoisotopic (exact) mass is 267 g/mol. The molecule has 2 aromatic carbocycles. The summed E-state index contributed by atoms with van der Waals surface area (Å²) in [5, 5.41) is 6.49. The largest absolute Gasteiger partial charge is 0.382 e. The Morgan fingerprint density at radius 3 is 2.70 bits per heavy atom. The molecule has 1 N–H and O–H groups in total. The molecule has 0 aliphatic heterocycles. The van der Waals surface area contributed by atoms with Gasteiger partial charge < -0.3 is 5.32 Å². The number of anilines is 1. The lowest BCUT2D eigenvalue weighted by Gasteiger charge is -2.19. The van der Waals surface area contributed by atoms with E-state index in [1.54, 1.807) is 0 Å². The summed E-state index contributed by atoms with van der Waals surface area (Å²) >= 11 is 0. The van der Waals surface area contributed by atoms with Crippen molar-refractivity contribution >= 4 is 16.5 Å². The number of rotatable bonds is 3. The minimum absolute atomic E-state index is 0.650. The average molecular weight is 267 g/mol. The topological polar surface area (TPSA) is 12.0 Å². The van der Waals surface area contributed by atoms with Gasteiger partial charge >= 0.3 is 0 Å². The molecule has 2 atom stereocenters. The zero-order valence-electron chi connectivity index (χ0n) is 12.4. The van der Waals surface area contributed by atoms with Crippen molar-refractivity contribution in [1.29, 1.82) is 0 Å². The molecule has 1 nitrogen and oxygen atoms in total. The number of nitrogens with one attached hydrogen (secondary N) is 1. The third kappa shape index (κ3) is 2.98. The Morgan fingerprint density at radius 2 is 1.80 bits per heavy atom. The van der Waals surface area contributed by atoms with E-state index in [0.717, 1.165) is 5.92 Å². The highest BCUT2D eigenvalue weighted by atomic mass is 14.9. The summed E-state index contributed by atoms with van der Waals surface area (Å²) in [6, 6.07) is 15.9. The molecule has 0 amide bonds. The van der Waals surface area contributed by atoms with Crippen LogP contribution in [0.1, 0.15) is 45.4 Å². The molecule has 106 valence electrons. The van der Waals surface area contributed by atoms with E-state index in [-0.39, 0.29) is 0 Å². The molecule has 1 fully saturated rings. The lowest BCUT2D eigenvalue weighted by atomic mass is 9.97. The molecule has 0 spiro atoms. The van der Waals surface area contributed by atoms with Gasteiger partial charge in [-0.1, -0.05) is 62.6 Å². The van der Waals surface area contributed by atoms with Crippen molar-refractivity contribution in [3.63, 3.8) is 0 Å². The second-order valence-electron chi connectivity index (χ2n) is 6.15. The first-order chi connectivity index (χ1) is 9.86. The van der Waals surface area contributed by atoms with Gasteiger partial charge in [-0.15, -0.1) is 0 Å². The summed E-state index contributed by atoms with van der Waals surface area (Å²) < 4.78 is 0. The fourth-order valence-corrected chi connectivity index (χ4v) is 3.50. The smallest absolute Gasteiger partial charge is 0.0422 e. The van der Waals surface area contributed by atoms with E-state index in [2.05, 4.69) is 54.7 Å². The van der Waals surface area contributed by atoms with Crippen molar-refractivity contribution in [2.24, 2.45) is 5.92 Å². The number of benzene rings is 2. The van der Waals surface area contributed by atoms with Crippen molar-refractivity contribution in [3.05, 3.63) is 42.5 Å². The lowest BCUT2D eigenvalue weighted by molar-refractivity contribution is 0.445. The zero-order valence-corrected chi connectivity index (χ0v) is 12.4. The fraction of sp³-hybridized carbons (Fsp3) is 0.474. The molecule has 2 aromatic rings. The Kier molecular flexibility index (Phi) is 4.25. The highest BCUT2D eigenvalue weighted by molar-refractivity contribution is 5.93. The molecular weight excluding hydrogens is 242 g/mol. The van der Waals surface area contributed by atoms with E-state index >= 15 is 0 Å². The summed E-state index contributed by atoms with van der Waals surface area (Å²) in [4.78, 5) is 0. The van der Waals surface area contributed by atoms with E-state index in [1.165, 1.54) is 55.0 Å². The molecule has 1 saturated carbocycles. The molecule has 0 radical (unpaired) electrons. The van der Waals surface area contributed by atoms with Gasteiger partial charge in [-0.3, -0.25) is 0 Å². The minimum Gasteiger partial charge on any atom is -0.382 e. The summed E-state index contributed by atoms with van der Waals surface area (Å²) in [7, 11) is 0. The highest BCUT2D eigenvalue weighted by Crippen LogP contribution is 2.29. The molecule has 1 aliphatic carbocycles. The van der Waals surface area contributed by atoms with Crippen LogP contribution < -0.4 is 5.32 Å². The predicted molar refractivity (Wildman–Crippen MR) is 88.2 cm³/mol. The van der Waals surface area contributed by atoms with Gasteiger partial charge in [0.15, 0.2) is 0 Å². The summed E-state index contributed by atoms with van der Waals surface area (Å²) in [6.45, 7) is 2.34. The molecule has 2 unspecified atom stereocenters. The van der Waals surface area contributed by atoms with Crippen molar-refractivity contribution in [1.82, 2.24) is 0 Å². The van der Waals surface area contributed by atoms with Gasteiger partial charge in [0.25, 0.3) is 0 Å². The van der Waals surface area contributed by atoms with Gasteiger partial charge in [0.05, 0.1) is 0 Å². The molecule has 3 rings (SSSR count). The third-order valence-electron chi connectivity index (χ3n) is 4.81. The van der Waals surface area contributed by atoms with E-state index < -0.39 is 0 Å². The predicted octanol–water partition coefficient (Wildman–Crippen LogP) is 5.61. The van der Waals surface area contributed by atoms with Gasteiger partial charge in [-0.05, 0) is 36.6 Å². The van der Waals surface area contributed by atoms with Crippen LogP contribution in [0.5, 0.6) is 0 Å². The maximum atomic E-state index is 3.81. The standard InChI is InChI=1S/C19H25N/c1-2-15-7-5-10-17(14-13-15)20-19-12-6-9-16-8-3-4-11-18(16)19/h3-4,6,8-9,11-12,15,17,20H,2,5,7,10,13-14H2,1H3. The van der Waals surface area contributed by atoms with Crippen LogP contribution in [0.25, 0.3) is 10.8 Å². The summed E-state index contributed by atoms with van der Waals surface area (Å²) in [5.41, 5.74) is 1.31.